The predicted octanol–water partition coefficient (Wildman–Crippen LogP) is 5.01. The molecule has 0 aromatic heterocycles. The van der Waals surface area contributed by atoms with E-state index in [1.54, 1.807) is 36.4 Å². The molecule has 3 aromatic carbocycles. The number of amides is 1. The van der Waals surface area contributed by atoms with Gasteiger partial charge in [0.05, 0.1) is 4.92 Å². The Kier molecular flexibility index (Phi) is 7.72. The van der Waals surface area contributed by atoms with Crippen molar-refractivity contribution < 1.29 is 14.5 Å². The number of aryl methyl sites for hydroxylation is 1. The largest absolute Gasteiger partial charge is 0.492 e. The van der Waals surface area contributed by atoms with Crippen LogP contribution in [0.15, 0.2) is 66.7 Å². The van der Waals surface area contributed by atoms with E-state index >= 15 is 0 Å². The highest BCUT2D eigenvalue weighted by Crippen LogP contribution is 2.30. The quantitative estimate of drug-likeness (QED) is 0.269. The summed E-state index contributed by atoms with van der Waals surface area (Å²) in [6.07, 6.45) is 0. The lowest BCUT2D eigenvalue weighted by molar-refractivity contribution is -0.383. The van der Waals surface area contributed by atoms with Crippen molar-refractivity contribution in [2.45, 2.75) is 6.92 Å². The molecule has 3 aromatic rings. The summed E-state index contributed by atoms with van der Waals surface area (Å²) in [5.41, 5.74) is 3.12. The number of nitrogens with zero attached hydrogens (tertiary/aromatic N) is 3. The minimum atomic E-state index is -0.398. The summed E-state index contributed by atoms with van der Waals surface area (Å²) in [5, 5.41) is 15.3. The fourth-order valence-electron chi connectivity index (χ4n) is 3.95. The summed E-state index contributed by atoms with van der Waals surface area (Å²) in [4.78, 5) is 27.9. The van der Waals surface area contributed by atoms with Crippen LogP contribution < -0.4 is 15.0 Å². The molecule has 182 valence electrons. The van der Waals surface area contributed by atoms with Gasteiger partial charge < -0.3 is 19.9 Å². The summed E-state index contributed by atoms with van der Waals surface area (Å²) >= 11 is 5.88. The second-order valence-electron chi connectivity index (χ2n) is 8.33. The van der Waals surface area contributed by atoms with Crippen LogP contribution in [0.3, 0.4) is 0 Å². The molecule has 0 spiro atoms. The van der Waals surface area contributed by atoms with E-state index < -0.39 is 4.92 Å². The van der Waals surface area contributed by atoms with Crippen LogP contribution in [0.1, 0.15) is 15.9 Å². The summed E-state index contributed by atoms with van der Waals surface area (Å²) < 4.78 is 5.67. The zero-order valence-electron chi connectivity index (χ0n) is 19.4. The molecule has 0 radical (unpaired) electrons. The number of ether oxygens (including phenoxy) is 1. The van der Waals surface area contributed by atoms with Gasteiger partial charge in [0.25, 0.3) is 11.6 Å². The molecule has 1 heterocycles. The molecular weight excluding hydrogens is 468 g/mol. The molecule has 1 aliphatic heterocycles. The predicted molar refractivity (Wildman–Crippen MR) is 138 cm³/mol. The van der Waals surface area contributed by atoms with Crippen molar-refractivity contribution >= 4 is 34.6 Å². The number of carbonyl (C=O) groups is 1. The molecule has 0 atom stereocenters. The van der Waals surface area contributed by atoms with Gasteiger partial charge in [-0.2, -0.15) is 0 Å². The Morgan fingerprint density at radius 2 is 1.71 bits per heavy atom. The molecule has 8 nitrogen and oxygen atoms in total. The number of benzene rings is 3. The number of nitro groups is 1. The molecular formula is C26H27ClN4O4. The normalized spacial score (nSPS) is 13.4. The highest BCUT2D eigenvalue weighted by Gasteiger charge is 2.24. The molecule has 1 aliphatic rings. The van der Waals surface area contributed by atoms with Crippen molar-refractivity contribution in [3.05, 3.63) is 93.0 Å². The van der Waals surface area contributed by atoms with Gasteiger partial charge in [-0.05, 0) is 55.5 Å². The average molecular weight is 495 g/mol. The van der Waals surface area contributed by atoms with E-state index in [4.69, 9.17) is 16.3 Å². The lowest BCUT2D eigenvalue weighted by atomic mass is 10.1. The number of rotatable bonds is 8. The Morgan fingerprint density at radius 1 is 1.03 bits per heavy atom. The van der Waals surface area contributed by atoms with E-state index in [-0.39, 0.29) is 11.6 Å². The molecule has 35 heavy (non-hydrogen) atoms. The molecule has 1 N–H and O–H groups in total. The number of nitro benzene ring substituents is 1. The van der Waals surface area contributed by atoms with Gasteiger partial charge in [0.15, 0.2) is 0 Å². The van der Waals surface area contributed by atoms with Crippen LogP contribution in [0.5, 0.6) is 5.75 Å². The van der Waals surface area contributed by atoms with Crippen LogP contribution in [0, 0.1) is 17.0 Å². The number of hydrogen-bond acceptors (Lipinski definition) is 6. The maximum absolute atomic E-state index is 12.8. The highest BCUT2D eigenvalue weighted by molar-refractivity contribution is 6.30. The number of piperazine rings is 1. The van der Waals surface area contributed by atoms with Crippen molar-refractivity contribution in [3.8, 4) is 5.75 Å². The van der Waals surface area contributed by atoms with Gasteiger partial charge in [-0.1, -0.05) is 29.3 Å². The van der Waals surface area contributed by atoms with Gasteiger partial charge in [0.2, 0.25) is 0 Å². The van der Waals surface area contributed by atoms with Crippen LogP contribution in [-0.2, 0) is 0 Å². The first-order chi connectivity index (χ1) is 16.9. The third-order valence-electron chi connectivity index (χ3n) is 5.91. The molecule has 4 rings (SSSR count). The highest BCUT2D eigenvalue weighted by atomic mass is 35.5. The Hall–Kier alpha value is -3.78. The van der Waals surface area contributed by atoms with Crippen LogP contribution in [0.4, 0.5) is 17.1 Å². The standard InChI is InChI=1S/C26H27ClN4O4/c1-19-2-4-20(5-3-19)26(32)30-15-13-29(14-16-30)22-8-11-25(31(33)34)24(18-22)28-12-17-35-23-9-6-21(27)7-10-23/h2-11,18,28H,12-17H2,1H3. The Morgan fingerprint density at radius 3 is 2.37 bits per heavy atom. The van der Waals surface area contributed by atoms with Crippen LogP contribution >= 0.6 is 11.6 Å². The van der Waals surface area contributed by atoms with Crippen molar-refractivity contribution in [3.63, 3.8) is 0 Å². The smallest absolute Gasteiger partial charge is 0.292 e. The number of carbonyl (C=O) groups excluding carboxylic acids is 1. The van der Waals surface area contributed by atoms with Crippen molar-refractivity contribution in [2.24, 2.45) is 0 Å². The average Bonchev–Trinajstić information content (AvgIpc) is 2.87. The van der Waals surface area contributed by atoms with Crippen molar-refractivity contribution in [1.82, 2.24) is 4.90 Å². The SMILES string of the molecule is Cc1ccc(C(=O)N2CCN(c3ccc([N+](=O)[O-])c(NCCOc4ccc(Cl)cc4)c3)CC2)cc1. The van der Waals surface area contributed by atoms with Crippen LogP contribution in [0.25, 0.3) is 0 Å². The number of hydrogen-bond donors (Lipinski definition) is 1. The Labute approximate surface area is 209 Å². The number of nitrogens with one attached hydrogen (secondary N) is 1. The number of halogens is 1. The van der Waals surface area contributed by atoms with Gasteiger partial charge in [0, 0.05) is 55.1 Å². The maximum Gasteiger partial charge on any atom is 0.292 e. The Bertz CT molecular complexity index is 1180. The first-order valence-corrected chi connectivity index (χ1v) is 11.8. The second kappa shape index (κ2) is 11.1. The molecule has 0 unspecified atom stereocenters. The fourth-order valence-corrected chi connectivity index (χ4v) is 4.08. The lowest BCUT2D eigenvalue weighted by Gasteiger charge is -2.36. The molecule has 1 amide bonds. The summed E-state index contributed by atoms with van der Waals surface area (Å²) in [5.74, 6) is 0.703. The lowest BCUT2D eigenvalue weighted by Crippen LogP contribution is -2.48. The topological polar surface area (TPSA) is 88.0 Å². The minimum absolute atomic E-state index is 0.00780. The molecule has 0 saturated carbocycles. The van der Waals surface area contributed by atoms with Gasteiger partial charge in [-0.25, -0.2) is 0 Å². The molecule has 1 saturated heterocycles. The van der Waals surface area contributed by atoms with E-state index in [1.807, 2.05) is 36.1 Å². The van der Waals surface area contributed by atoms with Gasteiger partial charge in [0.1, 0.15) is 18.0 Å². The number of anilines is 2. The fraction of sp³-hybridized carbons (Fsp3) is 0.269. The molecule has 1 fully saturated rings. The molecule has 9 heteroatoms. The van der Waals surface area contributed by atoms with Crippen LogP contribution in [-0.4, -0.2) is 55.1 Å². The summed E-state index contributed by atoms with van der Waals surface area (Å²) in [6.45, 7) is 5.19. The van der Waals surface area contributed by atoms with E-state index in [0.29, 0.717) is 61.4 Å². The van der Waals surface area contributed by atoms with E-state index in [9.17, 15) is 14.9 Å². The minimum Gasteiger partial charge on any atom is -0.492 e. The van der Waals surface area contributed by atoms with Crippen molar-refractivity contribution in [1.29, 1.82) is 0 Å². The second-order valence-corrected chi connectivity index (χ2v) is 8.77. The molecule has 0 aliphatic carbocycles. The van der Waals surface area contributed by atoms with E-state index in [2.05, 4.69) is 10.2 Å². The van der Waals surface area contributed by atoms with Gasteiger partial charge in [-0.3, -0.25) is 14.9 Å². The summed E-state index contributed by atoms with van der Waals surface area (Å²) in [7, 11) is 0. The maximum atomic E-state index is 12.8. The monoisotopic (exact) mass is 494 g/mol. The van der Waals surface area contributed by atoms with Crippen molar-refractivity contribution in [2.75, 3.05) is 49.5 Å². The first kappa shape index (κ1) is 24.3. The van der Waals surface area contributed by atoms with E-state index in [1.165, 1.54) is 6.07 Å². The van der Waals surface area contributed by atoms with E-state index in [0.717, 1.165) is 11.3 Å². The third kappa shape index (κ3) is 6.22. The molecule has 0 bridgehead atoms. The van der Waals surface area contributed by atoms with Crippen LogP contribution in [0.2, 0.25) is 5.02 Å². The van der Waals surface area contributed by atoms with Gasteiger partial charge in [-0.15, -0.1) is 0 Å². The Balaban J connectivity index is 1.36. The summed E-state index contributed by atoms with van der Waals surface area (Å²) in [6, 6.07) is 19.7. The van der Waals surface area contributed by atoms with Gasteiger partial charge >= 0.3 is 0 Å². The zero-order valence-corrected chi connectivity index (χ0v) is 20.2. The first-order valence-electron chi connectivity index (χ1n) is 11.4. The zero-order chi connectivity index (χ0) is 24.8. The third-order valence-corrected chi connectivity index (χ3v) is 6.16.